The average Bonchev–Trinajstić information content (AvgIpc) is 3.36. The van der Waals surface area contributed by atoms with E-state index in [-0.39, 0.29) is 45.4 Å². The molecule has 0 aliphatic rings. The number of carbonyl (C=O) groups is 3. The fraction of sp³-hybridized carbons (Fsp3) is 0.115. The van der Waals surface area contributed by atoms with Gasteiger partial charge >= 0.3 is 11.9 Å². The van der Waals surface area contributed by atoms with Gasteiger partial charge in [0.05, 0.1) is 41.5 Å². The number of nitrogens with zero attached hydrogens (tertiary/aromatic N) is 1. The molecule has 1 heterocycles. The fourth-order valence-electron chi connectivity index (χ4n) is 4.13. The van der Waals surface area contributed by atoms with Crippen LogP contribution < -0.4 is 16.9 Å². The van der Waals surface area contributed by atoms with Gasteiger partial charge in [-0.1, -0.05) is 0 Å². The Kier molecular flexibility index (Phi) is 8.92. The van der Waals surface area contributed by atoms with Gasteiger partial charge < -0.3 is 36.5 Å². The summed E-state index contributed by atoms with van der Waals surface area (Å²) in [6.45, 7) is 0. The lowest BCUT2D eigenvalue weighted by atomic mass is 9.95. The molecular weight excluding hydrogens is 572 g/mol. The third-order valence-electron chi connectivity index (χ3n) is 6.02. The lowest BCUT2D eigenvalue weighted by Gasteiger charge is -2.16. The van der Waals surface area contributed by atoms with Gasteiger partial charge in [0.2, 0.25) is 5.91 Å². The molecule has 1 aromatic heterocycles. The van der Waals surface area contributed by atoms with Gasteiger partial charge in [-0.3, -0.25) is 15.0 Å². The smallest absolute Gasteiger partial charge is 0.326 e. The number of aromatic hydroxyl groups is 2. The van der Waals surface area contributed by atoms with Crippen LogP contribution in [0.15, 0.2) is 53.4 Å². The van der Waals surface area contributed by atoms with Gasteiger partial charge in [-0.25, -0.2) is 9.78 Å². The number of carboxylic acid groups (broad SMARTS) is 2. The maximum Gasteiger partial charge on any atom is 0.326 e. The van der Waals surface area contributed by atoms with Crippen molar-refractivity contribution in [3.8, 4) is 34.0 Å². The van der Waals surface area contributed by atoms with Crippen LogP contribution in [0.1, 0.15) is 17.5 Å². The van der Waals surface area contributed by atoms with Crippen LogP contribution in [0, 0.1) is 5.41 Å². The molecule has 4 rings (SSSR count). The quantitative estimate of drug-likeness (QED) is 0.0373. The van der Waals surface area contributed by atoms with Crippen LogP contribution in [0.5, 0.6) is 11.5 Å². The number of amidine groups is 1. The molecule has 0 bridgehead atoms. The van der Waals surface area contributed by atoms with Crippen molar-refractivity contribution in [2.45, 2.75) is 23.8 Å². The number of imidazole rings is 1. The third-order valence-corrected chi connectivity index (χ3v) is 6.62. The fourth-order valence-corrected chi connectivity index (χ4v) is 4.54. The highest BCUT2D eigenvalue weighted by atomic mass is 32.2. The van der Waals surface area contributed by atoms with Gasteiger partial charge in [0.1, 0.15) is 29.2 Å². The monoisotopic (exact) mass is 596 g/mol. The second-order valence-corrected chi connectivity index (χ2v) is 9.70. The first-order valence-electron chi connectivity index (χ1n) is 11.9. The summed E-state index contributed by atoms with van der Waals surface area (Å²) in [6.07, 6.45) is -1.25. The Morgan fingerprint density at radius 3 is 2.45 bits per heavy atom. The number of aromatic amines is 1. The Morgan fingerprint density at radius 2 is 1.79 bits per heavy atom. The Labute approximate surface area is 240 Å². The van der Waals surface area contributed by atoms with E-state index >= 15 is 0 Å². The predicted molar refractivity (Wildman–Crippen MR) is 149 cm³/mol. The molecule has 1 amide bonds. The number of hydrogen-bond donors (Lipinski definition) is 9. The van der Waals surface area contributed by atoms with E-state index in [1.807, 2.05) is 0 Å². The van der Waals surface area contributed by atoms with Crippen LogP contribution in [0.4, 0.5) is 0 Å². The molecule has 16 heteroatoms. The van der Waals surface area contributed by atoms with E-state index in [0.29, 0.717) is 21.5 Å². The maximum atomic E-state index is 12.8. The van der Waals surface area contributed by atoms with Crippen molar-refractivity contribution >= 4 is 46.8 Å². The van der Waals surface area contributed by atoms with Crippen molar-refractivity contribution in [1.82, 2.24) is 15.3 Å². The minimum atomic E-state index is -1.67. The number of amides is 1. The molecule has 0 saturated heterocycles. The summed E-state index contributed by atoms with van der Waals surface area (Å²) in [5, 5.41) is 50.2. The summed E-state index contributed by atoms with van der Waals surface area (Å²) in [5.41, 5.74) is 7.58. The molecule has 0 saturated carbocycles. The molecule has 0 spiro atoms. The molecular formula is C26H24N6O9S. The summed E-state index contributed by atoms with van der Waals surface area (Å²) in [5.74, 6) is 0.608. The van der Waals surface area contributed by atoms with Crippen LogP contribution in [0.25, 0.3) is 33.5 Å². The number of nitrogen functional groups attached to an aromatic ring is 1. The Hall–Kier alpha value is -5.16. The number of hydrogen-bond acceptors (Lipinski definition) is 11. The zero-order chi connectivity index (χ0) is 30.6. The number of phenols is 2. The highest BCUT2D eigenvalue weighted by Gasteiger charge is 2.24. The van der Waals surface area contributed by atoms with Crippen molar-refractivity contribution in [1.29, 1.82) is 5.41 Å². The zero-order valence-electron chi connectivity index (χ0n) is 21.5. The predicted octanol–water partition coefficient (Wildman–Crippen LogP) is 2.01. The number of nitrogens with two attached hydrogens (primary N) is 2. The van der Waals surface area contributed by atoms with E-state index in [1.54, 1.807) is 18.2 Å². The zero-order valence-corrected chi connectivity index (χ0v) is 22.3. The molecule has 0 fully saturated rings. The SMILES string of the molecule is N=C(N)c1ccc2[nH]c(-c3cc(CC(=O)N[C@H](CC(=O)O)C(=O)O)cc(-c4cc(SOON)ccc4O)c3O)nc2c1. The molecule has 0 aliphatic heterocycles. The summed E-state index contributed by atoms with van der Waals surface area (Å²) >= 11 is 0.726. The van der Waals surface area contributed by atoms with E-state index in [1.165, 1.54) is 30.3 Å². The number of phenolic OH excluding ortho intramolecular Hbond substituents is 2. The summed E-state index contributed by atoms with van der Waals surface area (Å²) in [4.78, 5) is 47.3. The number of carbonyl (C=O) groups excluding carboxylic acids is 1. The first-order valence-corrected chi connectivity index (χ1v) is 12.7. The van der Waals surface area contributed by atoms with E-state index in [2.05, 4.69) is 24.6 Å². The standard InChI is InChI=1S/C26H24N6O9S/c27-24(28)12-1-3-17-18(8-12)32-25(31-17)16-6-11(7-21(34)30-19(26(38)39)10-22(35)36)5-15(23(16)37)14-9-13(42-41-40-29)2-4-20(14)33/h1-6,8-9,19,33,37H,7,10,29H2,(H3,27,28)(H,30,34)(H,31,32)(H,35,36)(H,38,39)/t19-/m1/s1. The number of benzene rings is 3. The van der Waals surface area contributed by atoms with E-state index in [4.69, 9.17) is 22.1 Å². The third kappa shape index (κ3) is 6.76. The molecule has 42 heavy (non-hydrogen) atoms. The maximum absolute atomic E-state index is 12.8. The number of rotatable bonds is 12. The lowest BCUT2D eigenvalue weighted by Crippen LogP contribution is -2.42. The molecule has 0 aliphatic carbocycles. The minimum absolute atomic E-state index is 0.0779. The molecule has 3 aromatic carbocycles. The highest BCUT2D eigenvalue weighted by Crippen LogP contribution is 2.43. The number of aromatic nitrogens is 2. The average molecular weight is 597 g/mol. The number of carboxylic acids is 2. The molecule has 1 atom stereocenters. The lowest BCUT2D eigenvalue weighted by molar-refractivity contribution is -0.195. The number of H-pyrrole nitrogens is 1. The Balaban J connectivity index is 1.82. The van der Waals surface area contributed by atoms with Gasteiger partial charge in [-0.15, -0.1) is 9.32 Å². The van der Waals surface area contributed by atoms with Crippen LogP contribution in [0.2, 0.25) is 0 Å². The van der Waals surface area contributed by atoms with Crippen molar-refractivity contribution in [3.05, 3.63) is 59.7 Å². The van der Waals surface area contributed by atoms with Crippen molar-refractivity contribution in [2.75, 3.05) is 0 Å². The van der Waals surface area contributed by atoms with Crippen LogP contribution in [-0.2, 0) is 30.1 Å². The first-order chi connectivity index (χ1) is 20.0. The van der Waals surface area contributed by atoms with Gasteiger partial charge in [-0.2, -0.15) is 5.90 Å². The summed E-state index contributed by atoms with van der Waals surface area (Å²) in [6, 6.07) is 10.3. The van der Waals surface area contributed by atoms with Crippen molar-refractivity contribution < 1.29 is 44.1 Å². The highest BCUT2D eigenvalue weighted by molar-refractivity contribution is 7.94. The van der Waals surface area contributed by atoms with Crippen LogP contribution in [0.3, 0.4) is 0 Å². The van der Waals surface area contributed by atoms with Gasteiger partial charge in [0, 0.05) is 21.6 Å². The Bertz CT molecular complexity index is 1710. The largest absolute Gasteiger partial charge is 0.507 e. The Morgan fingerprint density at radius 1 is 1.05 bits per heavy atom. The molecule has 4 aromatic rings. The first kappa shape index (κ1) is 29.8. The topological polar surface area (TPSA) is 267 Å². The van der Waals surface area contributed by atoms with Crippen molar-refractivity contribution in [2.24, 2.45) is 11.6 Å². The second kappa shape index (κ2) is 12.6. The number of nitrogens with one attached hydrogen (secondary N) is 3. The number of fused-ring (bicyclic) bond motifs is 1. The van der Waals surface area contributed by atoms with E-state index in [9.17, 15) is 29.7 Å². The van der Waals surface area contributed by atoms with Gasteiger partial charge in [0.15, 0.2) is 0 Å². The normalized spacial score (nSPS) is 11.7. The molecule has 218 valence electrons. The van der Waals surface area contributed by atoms with Crippen LogP contribution in [-0.4, -0.2) is 60.1 Å². The van der Waals surface area contributed by atoms with Crippen molar-refractivity contribution in [3.63, 3.8) is 0 Å². The van der Waals surface area contributed by atoms with E-state index < -0.39 is 36.7 Å². The summed E-state index contributed by atoms with van der Waals surface area (Å²) in [7, 11) is 0. The molecule has 15 nitrogen and oxygen atoms in total. The van der Waals surface area contributed by atoms with Gasteiger partial charge in [0.25, 0.3) is 0 Å². The summed E-state index contributed by atoms with van der Waals surface area (Å²) < 4.78 is 4.66. The van der Waals surface area contributed by atoms with Gasteiger partial charge in [-0.05, 0) is 54.1 Å². The van der Waals surface area contributed by atoms with Crippen LogP contribution >= 0.6 is 12.0 Å². The molecule has 11 N–H and O–H groups in total. The second-order valence-electron chi connectivity index (χ2n) is 8.93. The molecule has 0 unspecified atom stereocenters. The van der Waals surface area contributed by atoms with E-state index in [0.717, 1.165) is 12.0 Å². The molecule has 0 radical (unpaired) electrons. The number of aliphatic carboxylic acids is 2. The minimum Gasteiger partial charge on any atom is -0.507 e.